The van der Waals surface area contributed by atoms with E-state index in [1.54, 1.807) is 6.20 Å². The number of nitrogens with one attached hydrogen (secondary N) is 1. The van der Waals surface area contributed by atoms with Gasteiger partial charge in [-0.15, -0.1) is 0 Å². The smallest absolute Gasteiger partial charge is 0.223 e. The molecule has 110 valence electrons. The monoisotopic (exact) mass is 366 g/mol. The van der Waals surface area contributed by atoms with E-state index in [-0.39, 0.29) is 0 Å². The number of benzene rings is 1. The molecule has 1 aliphatic rings. The van der Waals surface area contributed by atoms with E-state index in [9.17, 15) is 0 Å². The van der Waals surface area contributed by atoms with Crippen molar-refractivity contribution >= 4 is 27.5 Å². The fourth-order valence-electron chi connectivity index (χ4n) is 2.02. The quantitative estimate of drug-likeness (QED) is 0.820. The number of aryl methyl sites for hydroxylation is 1. The van der Waals surface area contributed by atoms with Crippen molar-refractivity contribution in [2.75, 3.05) is 0 Å². The van der Waals surface area contributed by atoms with E-state index >= 15 is 0 Å². The third kappa shape index (κ3) is 3.96. The molecule has 1 aromatic heterocycles. The zero-order valence-electron chi connectivity index (χ0n) is 11.7. The minimum absolute atomic E-state index is 0.589. The van der Waals surface area contributed by atoms with E-state index in [0.717, 1.165) is 22.1 Å². The van der Waals surface area contributed by atoms with Crippen molar-refractivity contribution < 1.29 is 4.74 Å². The van der Waals surface area contributed by atoms with Gasteiger partial charge in [-0.3, -0.25) is 0 Å². The molecule has 0 aliphatic heterocycles. The Hall–Kier alpha value is -1.10. The maximum absolute atomic E-state index is 6.19. The molecule has 1 aromatic carbocycles. The van der Waals surface area contributed by atoms with Crippen LogP contribution in [0.5, 0.6) is 11.6 Å². The first-order valence-electron chi connectivity index (χ1n) is 6.93. The summed E-state index contributed by atoms with van der Waals surface area (Å²) in [6.07, 6.45) is 4.24. The van der Waals surface area contributed by atoms with E-state index in [4.69, 9.17) is 16.3 Å². The molecule has 1 saturated carbocycles. The summed E-state index contributed by atoms with van der Waals surface area (Å²) in [5.74, 6) is 1.23. The number of ether oxygens (including phenoxy) is 1. The van der Waals surface area contributed by atoms with Gasteiger partial charge >= 0.3 is 0 Å². The molecule has 1 aliphatic carbocycles. The highest BCUT2D eigenvalue weighted by atomic mass is 79.9. The molecule has 0 bridgehead atoms. The average Bonchev–Trinajstić information content (AvgIpc) is 3.27. The molecule has 3 nitrogen and oxygen atoms in total. The van der Waals surface area contributed by atoms with Gasteiger partial charge < -0.3 is 10.1 Å². The lowest BCUT2D eigenvalue weighted by atomic mass is 10.2. The summed E-state index contributed by atoms with van der Waals surface area (Å²) >= 11 is 9.65. The van der Waals surface area contributed by atoms with E-state index in [2.05, 4.69) is 26.2 Å². The van der Waals surface area contributed by atoms with E-state index in [1.165, 1.54) is 12.8 Å². The molecule has 0 unspecified atom stereocenters. The van der Waals surface area contributed by atoms with Crippen molar-refractivity contribution in [2.24, 2.45) is 0 Å². The van der Waals surface area contributed by atoms with Crippen LogP contribution >= 0.6 is 27.5 Å². The predicted molar refractivity (Wildman–Crippen MR) is 88.1 cm³/mol. The van der Waals surface area contributed by atoms with Crippen LogP contribution in [-0.4, -0.2) is 11.0 Å². The summed E-state index contributed by atoms with van der Waals surface area (Å²) in [4.78, 5) is 4.37. The van der Waals surface area contributed by atoms with Crippen LogP contribution in [0.25, 0.3) is 0 Å². The zero-order chi connectivity index (χ0) is 14.8. The molecule has 1 heterocycles. The Morgan fingerprint density at radius 2 is 2.19 bits per heavy atom. The summed E-state index contributed by atoms with van der Waals surface area (Å²) < 4.78 is 6.87. The number of hydrogen-bond donors (Lipinski definition) is 1. The molecular formula is C16H16BrClN2O. The van der Waals surface area contributed by atoms with E-state index in [0.29, 0.717) is 22.7 Å². The highest BCUT2D eigenvalue weighted by Crippen LogP contribution is 2.32. The van der Waals surface area contributed by atoms with Crippen LogP contribution in [0.2, 0.25) is 5.02 Å². The highest BCUT2D eigenvalue weighted by Gasteiger charge is 2.21. The summed E-state index contributed by atoms with van der Waals surface area (Å²) in [6.45, 7) is 2.75. The number of nitrogens with zero attached hydrogens (tertiary/aromatic N) is 1. The van der Waals surface area contributed by atoms with Gasteiger partial charge in [0.1, 0.15) is 5.75 Å². The van der Waals surface area contributed by atoms with Gasteiger partial charge in [0.15, 0.2) is 0 Å². The van der Waals surface area contributed by atoms with E-state index in [1.807, 2.05) is 31.2 Å². The van der Waals surface area contributed by atoms with Gasteiger partial charge in [-0.2, -0.15) is 0 Å². The molecule has 0 saturated heterocycles. The second-order valence-electron chi connectivity index (χ2n) is 5.31. The SMILES string of the molecule is Cc1ccc(Cl)c(Oc2ncc(Br)cc2CNC2CC2)c1. The Morgan fingerprint density at radius 1 is 1.38 bits per heavy atom. The third-order valence-corrected chi connectivity index (χ3v) is 4.09. The average molecular weight is 368 g/mol. The normalized spacial score (nSPS) is 14.2. The number of halogens is 2. The topological polar surface area (TPSA) is 34.1 Å². The van der Waals surface area contributed by atoms with Crippen LogP contribution in [0.3, 0.4) is 0 Å². The highest BCUT2D eigenvalue weighted by molar-refractivity contribution is 9.10. The van der Waals surface area contributed by atoms with Gasteiger partial charge in [-0.25, -0.2) is 4.98 Å². The Balaban J connectivity index is 1.84. The standard InChI is InChI=1S/C16H16BrClN2O/c1-10-2-5-14(18)15(6-10)21-16-11(7-12(17)9-20-16)8-19-13-3-4-13/h2,5-7,9,13,19H,3-4,8H2,1H3. The van der Waals surface area contributed by atoms with Crippen LogP contribution in [0.4, 0.5) is 0 Å². The molecule has 21 heavy (non-hydrogen) atoms. The van der Waals surface area contributed by atoms with Crippen LogP contribution in [0.1, 0.15) is 24.0 Å². The molecule has 3 rings (SSSR count). The van der Waals surface area contributed by atoms with Crippen molar-refractivity contribution in [3.05, 3.63) is 51.1 Å². The maximum atomic E-state index is 6.19. The lowest BCUT2D eigenvalue weighted by Gasteiger charge is -2.12. The summed E-state index contributed by atoms with van der Waals surface area (Å²) in [5, 5.41) is 4.07. The summed E-state index contributed by atoms with van der Waals surface area (Å²) in [6, 6.07) is 8.39. The largest absolute Gasteiger partial charge is 0.437 e. The van der Waals surface area contributed by atoms with Gasteiger partial charge in [0.25, 0.3) is 0 Å². The molecule has 2 aromatic rings. The molecule has 5 heteroatoms. The van der Waals surface area contributed by atoms with Gasteiger partial charge in [-0.1, -0.05) is 17.7 Å². The second-order valence-corrected chi connectivity index (χ2v) is 6.63. The van der Waals surface area contributed by atoms with Crippen LogP contribution in [0.15, 0.2) is 34.9 Å². The summed E-state index contributed by atoms with van der Waals surface area (Å²) in [5.41, 5.74) is 2.12. The van der Waals surface area contributed by atoms with Crippen molar-refractivity contribution in [1.29, 1.82) is 0 Å². The first kappa shape index (κ1) is 14.8. The minimum Gasteiger partial charge on any atom is -0.437 e. The first-order valence-corrected chi connectivity index (χ1v) is 8.11. The Kier molecular flexibility index (Phi) is 4.48. The zero-order valence-corrected chi connectivity index (χ0v) is 14.0. The minimum atomic E-state index is 0.589. The first-order chi connectivity index (χ1) is 10.1. The van der Waals surface area contributed by atoms with Crippen molar-refractivity contribution in [1.82, 2.24) is 10.3 Å². The third-order valence-electron chi connectivity index (χ3n) is 3.34. The van der Waals surface area contributed by atoms with Crippen LogP contribution < -0.4 is 10.1 Å². The van der Waals surface area contributed by atoms with Crippen molar-refractivity contribution in [3.63, 3.8) is 0 Å². The van der Waals surface area contributed by atoms with Gasteiger partial charge in [0, 0.05) is 28.8 Å². The lowest BCUT2D eigenvalue weighted by molar-refractivity contribution is 0.452. The lowest BCUT2D eigenvalue weighted by Crippen LogP contribution is -2.16. The molecule has 0 atom stereocenters. The molecule has 1 fully saturated rings. The maximum Gasteiger partial charge on any atom is 0.223 e. The Bertz CT molecular complexity index is 659. The molecule has 0 spiro atoms. The molecule has 0 amide bonds. The number of hydrogen-bond acceptors (Lipinski definition) is 3. The number of rotatable bonds is 5. The molecule has 0 radical (unpaired) electrons. The Labute approximate surface area is 137 Å². The van der Waals surface area contributed by atoms with Gasteiger partial charge in [0.2, 0.25) is 5.88 Å². The summed E-state index contributed by atoms with van der Waals surface area (Å²) in [7, 11) is 0. The van der Waals surface area contributed by atoms with Crippen LogP contribution in [0, 0.1) is 6.92 Å². The second kappa shape index (κ2) is 6.34. The van der Waals surface area contributed by atoms with Crippen molar-refractivity contribution in [3.8, 4) is 11.6 Å². The fraction of sp³-hybridized carbons (Fsp3) is 0.312. The van der Waals surface area contributed by atoms with Crippen molar-refractivity contribution in [2.45, 2.75) is 32.4 Å². The van der Waals surface area contributed by atoms with Gasteiger partial charge in [-0.05, 0) is 59.5 Å². The number of pyridine rings is 1. The Morgan fingerprint density at radius 3 is 2.95 bits per heavy atom. The molecular weight excluding hydrogens is 352 g/mol. The molecule has 1 N–H and O–H groups in total. The fourth-order valence-corrected chi connectivity index (χ4v) is 2.56. The van der Waals surface area contributed by atoms with E-state index < -0.39 is 0 Å². The predicted octanol–water partition coefficient (Wildman–Crippen LogP) is 4.85. The van der Waals surface area contributed by atoms with Crippen LogP contribution in [-0.2, 0) is 6.54 Å². The number of aromatic nitrogens is 1. The van der Waals surface area contributed by atoms with Gasteiger partial charge in [0.05, 0.1) is 5.02 Å².